The van der Waals surface area contributed by atoms with Crippen LogP contribution in [0.3, 0.4) is 0 Å². The number of benzene rings is 2. The molecule has 1 amide bonds. The van der Waals surface area contributed by atoms with E-state index in [1.807, 2.05) is 11.0 Å². The van der Waals surface area contributed by atoms with E-state index in [1.165, 1.54) is 12.1 Å². The summed E-state index contributed by atoms with van der Waals surface area (Å²) in [7, 11) is 0. The van der Waals surface area contributed by atoms with Gasteiger partial charge in [0.25, 0.3) is 5.91 Å². The van der Waals surface area contributed by atoms with Gasteiger partial charge in [-0.15, -0.1) is 6.42 Å². The monoisotopic (exact) mass is 322 g/mol. The lowest BCUT2D eigenvalue weighted by molar-refractivity contribution is 0.0715. The molecule has 0 bridgehead atoms. The highest BCUT2D eigenvalue weighted by Crippen LogP contribution is 2.19. The summed E-state index contributed by atoms with van der Waals surface area (Å²) in [6.45, 7) is 1.32. The minimum Gasteiger partial charge on any atom is -0.380 e. The molecule has 1 heterocycles. The Kier molecular flexibility index (Phi) is 4.81. The van der Waals surface area contributed by atoms with Gasteiger partial charge in [-0.1, -0.05) is 18.1 Å². The van der Waals surface area contributed by atoms with E-state index in [4.69, 9.17) is 6.42 Å². The van der Waals surface area contributed by atoms with Gasteiger partial charge in [0.05, 0.1) is 0 Å². The maximum Gasteiger partial charge on any atom is 0.253 e. The molecule has 1 N–H and O–H groups in total. The smallest absolute Gasteiger partial charge is 0.253 e. The summed E-state index contributed by atoms with van der Waals surface area (Å²) in [5.41, 5.74) is 2.05. The number of carbonyl (C=O) groups is 1. The average molecular weight is 322 g/mol. The Labute approximate surface area is 141 Å². The van der Waals surface area contributed by atoms with Crippen LogP contribution in [0.2, 0.25) is 0 Å². The van der Waals surface area contributed by atoms with Gasteiger partial charge in [0.1, 0.15) is 5.82 Å². The summed E-state index contributed by atoms with van der Waals surface area (Å²) in [4.78, 5) is 14.5. The number of nitrogens with zero attached hydrogens (tertiary/aromatic N) is 1. The highest BCUT2D eigenvalue weighted by atomic mass is 19.1. The largest absolute Gasteiger partial charge is 0.380 e. The van der Waals surface area contributed by atoms with Gasteiger partial charge in [0, 0.05) is 35.9 Å². The molecular weight excluding hydrogens is 303 g/mol. The van der Waals surface area contributed by atoms with Crippen molar-refractivity contribution in [2.24, 2.45) is 0 Å². The molecule has 3 rings (SSSR count). The number of amides is 1. The van der Waals surface area contributed by atoms with Crippen molar-refractivity contribution in [3.8, 4) is 12.3 Å². The normalized spacial score (nSPS) is 17.2. The lowest BCUT2D eigenvalue weighted by atomic mass is 10.0. The quantitative estimate of drug-likeness (QED) is 0.877. The zero-order valence-corrected chi connectivity index (χ0v) is 13.3. The van der Waals surface area contributed by atoms with E-state index >= 15 is 0 Å². The van der Waals surface area contributed by atoms with Crippen LogP contribution >= 0.6 is 0 Å². The molecule has 1 aliphatic rings. The van der Waals surface area contributed by atoms with E-state index in [9.17, 15) is 9.18 Å². The number of hydrogen-bond acceptors (Lipinski definition) is 2. The molecule has 2 aromatic carbocycles. The van der Waals surface area contributed by atoms with Crippen molar-refractivity contribution in [1.82, 2.24) is 4.90 Å². The first-order chi connectivity index (χ1) is 11.7. The summed E-state index contributed by atoms with van der Waals surface area (Å²) in [6, 6.07) is 13.6. The highest BCUT2D eigenvalue weighted by molar-refractivity contribution is 5.94. The molecule has 1 unspecified atom stereocenters. The molecule has 1 fully saturated rings. The van der Waals surface area contributed by atoms with Crippen molar-refractivity contribution < 1.29 is 9.18 Å². The second-order valence-corrected chi connectivity index (χ2v) is 5.97. The van der Waals surface area contributed by atoms with Gasteiger partial charge in [0.15, 0.2) is 0 Å². The predicted octanol–water partition coefficient (Wildman–Crippen LogP) is 3.52. The molecule has 3 nitrogen and oxygen atoms in total. The highest BCUT2D eigenvalue weighted by Gasteiger charge is 2.24. The standard InChI is InChI=1S/C20H19FN2O/c1-2-15-6-3-7-16(12-15)20(24)23-11-5-10-19(14-23)22-18-9-4-8-17(21)13-18/h1,3-4,6-9,12-13,19,22H,5,10-11,14H2. The predicted molar refractivity (Wildman–Crippen MR) is 93.3 cm³/mol. The Morgan fingerprint density at radius 3 is 2.88 bits per heavy atom. The second kappa shape index (κ2) is 7.18. The molecule has 1 saturated heterocycles. The van der Waals surface area contributed by atoms with Gasteiger partial charge >= 0.3 is 0 Å². The molecule has 0 spiro atoms. The first-order valence-electron chi connectivity index (χ1n) is 8.04. The third kappa shape index (κ3) is 3.75. The zero-order chi connectivity index (χ0) is 16.9. The number of likely N-dealkylation sites (tertiary alicyclic amines) is 1. The third-order valence-corrected chi connectivity index (χ3v) is 4.18. The Balaban J connectivity index is 1.68. The van der Waals surface area contributed by atoms with E-state index in [0.717, 1.165) is 25.1 Å². The van der Waals surface area contributed by atoms with E-state index in [1.54, 1.807) is 30.3 Å². The molecule has 1 atom stereocenters. The summed E-state index contributed by atoms with van der Waals surface area (Å²) in [5.74, 6) is 2.27. The lowest BCUT2D eigenvalue weighted by Gasteiger charge is -2.33. The van der Waals surface area contributed by atoms with Gasteiger partial charge in [-0.3, -0.25) is 4.79 Å². The fourth-order valence-electron chi connectivity index (χ4n) is 3.02. The summed E-state index contributed by atoms with van der Waals surface area (Å²) in [6.07, 6.45) is 7.26. The van der Waals surface area contributed by atoms with Gasteiger partial charge < -0.3 is 10.2 Å². The molecule has 0 radical (unpaired) electrons. The maximum absolute atomic E-state index is 13.3. The van der Waals surface area contributed by atoms with Crippen LogP contribution in [0.4, 0.5) is 10.1 Å². The van der Waals surface area contributed by atoms with Crippen LogP contribution in [-0.2, 0) is 0 Å². The van der Waals surface area contributed by atoms with Crippen LogP contribution in [0.1, 0.15) is 28.8 Å². The number of terminal acetylenes is 1. The van der Waals surface area contributed by atoms with Gasteiger partial charge in [-0.25, -0.2) is 4.39 Å². The van der Waals surface area contributed by atoms with Gasteiger partial charge in [0.2, 0.25) is 0 Å². The molecule has 1 aliphatic heterocycles. The molecular formula is C20H19FN2O. The summed E-state index contributed by atoms with van der Waals surface area (Å²) < 4.78 is 13.3. The minimum atomic E-state index is -0.269. The molecule has 4 heteroatoms. The van der Waals surface area contributed by atoms with Crippen molar-refractivity contribution in [2.75, 3.05) is 18.4 Å². The van der Waals surface area contributed by atoms with Crippen molar-refractivity contribution in [3.05, 3.63) is 65.5 Å². The number of nitrogens with one attached hydrogen (secondary N) is 1. The molecule has 0 aliphatic carbocycles. The Hall–Kier alpha value is -2.80. The lowest BCUT2D eigenvalue weighted by Crippen LogP contribution is -2.45. The Bertz CT molecular complexity index is 781. The van der Waals surface area contributed by atoms with Crippen molar-refractivity contribution >= 4 is 11.6 Å². The van der Waals surface area contributed by atoms with E-state index in [-0.39, 0.29) is 17.8 Å². The number of carbonyl (C=O) groups excluding carboxylic acids is 1. The third-order valence-electron chi connectivity index (χ3n) is 4.18. The topological polar surface area (TPSA) is 32.3 Å². The molecule has 24 heavy (non-hydrogen) atoms. The number of piperidine rings is 1. The van der Waals surface area contributed by atoms with Crippen molar-refractivity contribution in [2.45, 2.75) is 18.9 Å². The van der Waals surface area contributed by atoms with Gasteiger partial charge in [-0.05, 0) is 49.2 Å². The van der Waals surface area contributed by atoms with Crippen molar-refractivity contribution in [1.29, 1.82) is 0 Å². The van der Waals surface area contributed by atoms with Crippen molar-refractivity contribution in [3.63, 3.8) is 0 Å². The van der Waals surface area contributed by atoms with Crippen LogP contribution in [0.5, 0.6) is 0 Å². The van der Waals surface area contributed by atoms with Crippen LogP contribution in [-0.4, -0.2) is 29.9 Å². The van der Waals surface area contributed by atoms with Crippen LogP contribution in [0.25, 0.3) is 0 Å². The first kappa shape index (κ1) is 16.1. The number of anilines is 1. The number of halogens is 1. The zero-order valence-electron chi connectivity index (χ0n) is 13.3. The molecule has 122 valence electrons. The first-order valence-corrected chi connectivity index (χ1v) is 8.04. The maximum atomic E-state index is 13.3. The van der Waals surface area contributed by atoms with E-state index < -0.39 is 0 Å². The number of rotatable bonds is 3. The average Bonchev–Trinajstić information content (AvgIpc) is 2.61. The second-order valence-electron chi connectivity index (χ2n) is 5.97. The van der Waals surface area contributed by atoms with Crippen LogP contribution < -0.4 is 5.32 Å². The molecule has 2 aromatic rings. The summed E-state index contributed by atoms with van der Waals surface area (Å²) >= 11 is 0. The van der Waals surface area contributed by atoms with Crippen LogP contribution in [0.15, 0.2) is 48.5 Å². The van der Waals surface area contributed by atoms with E-state index in [0.29, 0.717) is 17.7 Å². The minimum absolute atomic E-state index is 0.0159. The Morgan fingerprint density at radius 1 is 1.25 bits per heavy atom. The van der Waals surface area contributed by atoms with Gasteiger partial charge in [-0.2, -0.15) is 0 Å². The fraction of sp³-hybridized carbons (Fsp3) is 0.250. The molecule has 0 saturated carbocycles. The summed E-state index contributed by atoms with van der Waals surface area (Å²) in [5, 5.41) is 3.31. The van der Waals surface area contributed by atoms with E-state index in [2.05, 4.69) is 11.2 Å². The number of hydrogen-bond donors (Lipinski definition) is 1. The van der Waals surface area contributed by atoms with Crippen LogP contribution in [0, 0.1) is 18.2 Å². The SMILES string of the molecule is C#Cc1cccc(C(=O)N2CCCC(Nc3cccc(F)c3)C2)c1. The Morgan fingerprint density at radius 2 is 2.08 bits per heavy atom. The molecule has 0 aromatic heterocycles. The fourth-order valence-corrected chi connectivity index (χ4v) is 3.02.